The molecular weight excluding hydrogens is 1200 g/mol. The van der Waals surface area contributed by atoms with Crippen molar-refractivity contribution < 1.29 is 114 Å². The molecule has 2 aliphatic heterocycles. The van der Waals surface area contributed by atoms with Gasteiger partial charge >= 0.3 is 23.9 Å². The van der Waals surface area contributed by atoms with Gasteiger partial charge in [0.25, 0.3) is 0 Å². The normalized spacial score (nSPS) is 15.9. The monoisotopic (exact) mass is 1280 g/mol. The minimum Gasteiger partial charge on any atom is -0.508 e. The maximum absolute atomic E-state index is 12.5. The molecule has 1 unspecified atom stereocenters. The van der Waals surface area contributed by atoms with Crippen LogP contribution in [0.15, 0.2) is 100 Å². The van der Waals surface area contributed by atoms with E-state index in [0.29, 0.717) is 39.1 Å². The number of carboxylic acids is 1. The first-order chi connectivity index (χ1) is 43.0. The molecule has 0 spiro atoms. The summed E-state index contributed by atoms with van der Waals surface area (Å²) in [7, 11) is 0. The summed E-state index contributed by atoms with van der Waals surface area (Å²) < 4.78 is 33.2. The predicted molar refractivity (Wildman–Crippen MR) is 332 cm³/mol. The van der Waals surface area contributed by atoms with Crippen molar-refractivity contribution in [3.63, 3.8) is 0 Å². The number of hydrogen-bond donors (Lipinski definition) is 13. The highest BCUT2D eigenvalue weighted by molar-refractivity contribution is 5.91. The van der Waals surface area contributed by atoms with Gasteiger partial charge in [0.05, 0.1) is 11.5 Å². The maximum atomic E-state index is 12.5. The number of carboxylic acid groups (broad SMARTS) is 1. The molecule has 0 amide bonds. The van der Waals surface area contributed by atoms with Gasteiger partial charge in [0.2, 0.25) is 17.3 Å². The second-order valence-electron chi connectivity index (χ2n) is 23.4. The average molecular weight is 1280 g/mol. The number of aliphatic carboxylic acids is 1. The van der Waals surface area contributed by atoms with Gasteiger partial charge in [-0.1, -0.05) is 73.6 Å². The van der Waals surface area contributed by atoms with Crippen molar-refractivity contribution >= 4 is 34.8 Å². The van der Waals surface area contributed by atoms with E-state index >= 15 is 0 Å². The molecule has 0 saturated heterocycles. The number of hydrogen-bond acceptors (Lipinski definition) is 23. The first-order valence-corrected chi connectivity index (χ1v) is 29.1. The molecule has 0 aliphatic carbocycles. The molecule has 492 valence electrons. The largest absolute Gasteiger partial charge is 0.508 e. The summed E-state index contributed by atoms with van der Waals surface area (Å²) in [6, 6.07) is 17.7. The molecule has 7 aromatic rings. The number of ether oxygens (including phenoxy) is 5. The van der Waals surface area contributed by atoms with Crippen LogP contribution in [0.5, 0.6) is 80.5 Å². The number of carbonyl (C=O) groups excluding carboxylic acids is 3. The maximum Gasteiger partial charge on any atom is 0.345 e. The van der Waals surface area contributed by atoms with E-state index in [9.17, 15) is 85.3 Å². The Morgan fingerprint density at radius 1 is 0.598 bits per heavy atom. The van der Waals surface area contributed by atoms with Crippen molar-refractivity contribution in [3.05, 3.63) is 152 Å². The number of carbonyl (C=O) groups is 4. The first kappa shape index (κ1) is 70.4. The Kier molecular flexibility index (Phi) is 22.8. The van der Waals surface area contributed by atoms with Crippen molar-refractivity contribution in [1.82, 2.24) is 0 Å². The summed E-state index contributed by atoms with van der Waals surface area (Å²) in [5.41, 5.74) is 2.72. The Morgan fingerprint density at radius 2 is 1.16 bits per heavy atom. The summed E-state index contributed by atoms with van der Waals surface area (Å²) in [5, 5.41) is 126. The van der Waals surface area contributed by atoms with Gasteiger partial charge in [0.15, 0.2) is 23.4 Å². The van der Waals surface area contributed by atoms with E-state index in [1.165, 1.54) is 67.6 Å². The molecule has 0 saturated carbocycles. The highest BCUT2D eigenvalue weighted by Crippen LogP contribution is 2.45. The number of rotatable bonds is 13. The van der Waals surface area contributed by atoms with Crippen LogP contribution in [0.25, 0.3) is 11.0 Å². The third kappa shape index (κ3) is 17.4. The Bertz CT molecular complexity index is 3920. The smallest absolute Gasteiger partial charge is 0.345 e. The highest BCUT2D eigenvalue weighted by atomic mass is 16.6. The first-order valence-electron chi connectivity index (χ1n) is 29.1. The van der Waals surface area contributed by atoms with Crippen LogP contribution >= 0.6 is 0 Å². The number of phenolic OH excluding ortho intramolecular Hbond substituents is 11. The molecule has 0 fully saturated rings. The lowest BCUT2D eigenvalue weighted by Crippen LogP contribution is -2.44. The average Bonchev–Trinajstić information content (AvgIpc) is 0.888. The lowest BCUT2D eigenvalue weighted by molar-refractivity contribution is -0.160. The molecule has 0 bridgehead atoms. The summed E-state index contributed by atoms with van der Waals surface area (Å²) in [6.45, 7) is 19.4. The van der Waals surface area contributed by atoms with Crippen molar-refractivity contribution in [2.45, 2.75) is 132 Å². The van der Waals surface area contributed by atoms with Gasteiger partial charge in [0, 0.05) is 89.9 Å². The standard InChI is InChI=1S/2C20H22O7.C16H20O5.C12H12O5/c1-9(2)19-18(8-13-16(24)6-12(21)7-17(13)26-19)27-20(25)11-4-14(22)10(3)15(23)5-11;1-9(2)20(25)27-17-8-13-14(22)6-12(21)7-16(13)26-19(17)11-4-10(3)18(24)15(23)5-11;1-10(2)4-7-15(18)21-14(16(19)20)9-12-6-5-11(3)13(17)8-12;1-5(2)12-11(16)10(15)9-7(14)3-6(13)4-8(9)17-12/h4-7,9,18-19,21-24H,8H2,1-3H3;4-7,9,17,19,21-24H,8H2,1-3H3;4-8,10,14,17H,9H2,1-3H3,(H,19,20);3-5,13-14,16H,1-2H3/b;;7-4+;/t18-,19-;17-,19-;;/m11../s1. The second-order valence-corrected chi connectivity index (χ2v) is 23.4. The van der Waals surface area contributed by atoms with E-state index in [2.05, 4.69) is 0 Å². The molecule has 0 radical (unpaired) electrons. The number of benzene rings is 6. The van der Waals surface area contributed by atoms with Crippen LogP contribution in [0.3, 0.4) is 0 Å². The zero-order chi connectivity index (χ0) is 68.5. The summed E-state index contributed by atoms with van der Waals surface area (Å²) >= 11 is 0. The van der Waals surface area contributed by atoms with Gasteiger partial charge in [0.1, 0.15) is 92.5 Å². The molecule has 5 atom stereocenters. The third-order valence-corrected chi connectivity index (χ3v) is 14.6. The Morgan fingerprint density at radius 3 is 1.70 bits per heavy atom. The molecule has 2 aliphatic rings. The molecule has 9 rings (SSSR count). The van der Waals surface area contributed by atoms with Crippen LogP contribution < -0.4 is 14.9 Å². The third-order valence-electron chi connectivity index (χ3n) is 14.6. The molecule has 6 aromatic carbocycles. The molecule has 24 nitrogen and oxygen atoms in total. The predicted octanol–water partition coefficient (Wildman–Crippen LogP) is 10.5. The Labute approximate surface area is 528 Å². The van der Waals surface area contributed by atoms with Gasteiger partial charge in [-0.15, -0.1) is 0 Å². The molecule has 92 heavy (non-hydrogen) atoms. The van der Waals surface area contributed by atoms with Gasteiger partial charge in [-0.2, -0.15) is 0 Å². The molecular formula is C68H76O24. The van der Waals surface area contributed by atoms with E-state index in [-0.39, 0.29) is 134 Å². The number of fused-ring (bicyclic) bond motifs is 3. The van der Waals surface area contributed by atoms with Crippen LogP contribution in [0, 0.1) is 38.5 Å². The van der Waals surface area contributed by atoms with Crippen molar-refractivity contribution in [1.29, 1.82) is 0 Å². The fourth-order valence-electron chi connectivity index (χ4n) is 9.53. The fourth-order valence-corrected chi connectivity index (χ4v) is 9.53. The molecule has 1 aromatic heterocycles. The number of esters is 3. The molecule has 24 heteroatoms. The van der Waals surface area contributed by atoms with Gasteiger partial charge in [-0.25, -0.2) is 14.4 Å². The van der Waals surface area contributed by atoms with Crippen LogP contribution in [-0.4, -0.2) is 115 Å². The quantitative estimate of drug-likeness (QED) is 0.0221. The van der Waals surface area contributed by atoms with E-state index in [1.807, 2.05) is 27.7 Å². The lowest BCUT2D eigenvalue weighted by Gasteiger charge is -2.35. The summed E-state index contributed by atoms with van der Waals surface area (Å²) in [6.07, 6.45) is -0.752. The topological polar surface area (TPSA) is 408 Å². The number of aryl methyl sites for hydroxylation is 2. The van der Waals surface area contributed by atoms with E-state index in [1.54, 1.807) is 65.8 Å². The van der Waals surface area contributed by atoms with Crippen LogP contribution in [0.2, 0.25) is 0 Å². The van der Waals surface area contributed by atoms with Gasteiger partial charge in [-0.3, -0.25) is 9.59 Å². The van der Waals surface area contributed by atoms with Crippen LogP contribution in [-0.2, 0) is 47.9 Å². The van der Waals surface area contributed by atoms with E-state index in [4.69, 9.17) is 33.2 Å². The van der Waals surface area contributed by atoms with Gasteiger partial charge < -0.3 is 94.5 Å². The molecule has 13 N–H and O–H groups in total. The number of allylic oxidation sites excluding steroid dienone is 1. The van der Waals surface area contributed by atoms with Crippen molar-refractivity contribution in [3.8, 4) is 80.5 Å². The molecule has 3 heterocycles. The zero-order valence-corrected chi connectivity index (χ0v) is 52.3. The number of aromatic hydroxyl groups is 12. The van der Waals surface area contributed by atoms with E-state index in [0.717, 1.165) is 6.07 Å². The summed E-state index contributed by atoms with van der Waals surface area (Å²) in [5.74, 6) is -5.26. The SMILES string of the molecule is CC(C)c1oc2cc(O)cc(O)c2c(=O)c1O.Cc1c(O)cc(C(=O)O[C@@H]2Cc3c(O)cc(O)cc3O[C@@H]2C(C)C)cc1O.Cc1cc([C@H]2Oc3cc(O)cc(O)c3C[C@H]2OC(=O)C(C)C)cc(O)c1O.Cc1ccc(CC(OC(=O)/C=C/C(C)C)C(=O)O)cc1O. The van der Waals surface area contributed by atoms with Crippen LogP contribution in [0.4, 0.5) is 0 Å². The summed E-state index contributed by atoms with van der Waals surface area (Å²) in [4.78, 5) is 59.3. The van der Waals surface area contributed by atoms with Crippen molar-refractivity contribution in [2.75, 3.05) is 0 Å². The lowest BCUT2D eigenvalue weighted by atomic mass is 9.92. The minimum atomic E-state index is -1.28. The minimum absolute atomic E-state index is 0.00440. The van der Waals surface area contributed by atoms with E-state index < -0.39 is 71.3 Å². The zero-order valence-electron chi connectivity index (χ0n) is 52.3. The van der Waals surface area contributed by atoms with Gasteiger partial charge in [-0.05, 0) is 79.6 Å². The Balaban J connectivity index is 0.000000198. The number of phenols is 11. The van der Waals surface area contributed by atoms with Crippen molar-refractivity contribution in [2.24, 2.45) is 17.8 Å². The Hall–Kier alpha value is -10.7. The second kappa shape index (κ2) is 29.8. The van der Waals surface area contributed by atoms with Crippen LogP contribution in [0.1, 0.15) is 122 Å². The fraction of sp³-hybridized carbons (Fsp3) is 0.338. The highest BCUT2D eigenvalue weighted by Gasteiger charge is 2.39.